The number of benzene rings is 3. The fourth-order valence-electron chi connectivity index (χ4n) is 6.41. The molecule has 1 aliphatic carbocycles. The average molecular weight is 1130 g/mol. The second-order valence-electron chi connectivity index (χ2n) is 14.5. The van der Waals surface area contributed by atoms with Crippen LogP contribution in [0.2, 0.25) is 0 Å². The van der Waals surface area contributed by atoms with Gasteiger partial charge in [-0.1, -0.05) is 36.4 Å². The van der Waals surface area contributed by atoms with E-state index in [1.54, 1.807) is 0 Å². The molecule has 0 saturated heterocycles. The van der Waals surface area contributed by atoms with Crippen molar-refractivity contribution in [2.45, 2.75) is 95.3 Å². The Morgan fingerprint density at radius 3 is 0.986 bits per heavy atom. The minimum absolute atomic E-state index is 0.107. The molecule has 0 unspecified atom stereocenters. The van der Waals surface area contributed by atoms with Gasteiger partial charge in [-0.2, -0.15) is 149 Å². The van der Waals surface area contributed by atoms with E-state index in [1.165, 1.54) is 0 Å². The smallest absolute Gasteiger partial charge is 0.505 e. The highest BCUT2D eigenvalue weighted by molar-refractivity contribution is 6.36. The first-order valence-corrected chi connectivity index (χ1v) is 17.1. The van der Waals surface area contributed by atoms with Gasteiger partial charge in [0.1, 0.15) is 5.75 Å². The number of hydrogen-bond donors (Lipinski definition) is 0. The lowest BCUT2D eigenvalue weighted by Gasteiger charge is -2.43. The first kappa shape index (κ1) is 59.5. The topological polar surface area (TPSA) is 26.3 Å². The number of fused-ring (bicyclic) bond motifs is 2. The fraction of sp³-hybridized carbons (Fsp3) is 0.485. The first-order valence-electron chi connectivity index (χ1n) is 17.1. The largest absolute Gasteiger partial charge is 0.796 e. The Labute approximate surface area is 369 Å². The number of ketones is 1. The van der Waals surface area contributed by atoms with Gasteiger partial charge in [0.2, 0.25) is 0 Å². The van der Waals surface area contributed by atoms with Crippen molar-refractivity contribution in [3.8, 4) is 16.9 Å². The monoisotopic (exact) mass is 1130 g/mol. The fourth-order valence-corrected chi connectivity index (χ4v) is 6.41. The maximum atomic E-state index is 16.0. The molecule has 0 fully saturated rings. The summed E-state index contributed by atoms with van der Waals surface area (Å²) in [7, 11) is -4.88. The molecule has 39 heteroatoms. The highest BCUT2D eigenvalue weighted by atomic mass is 19.4. The van der Waals surface area contributed by atoms with Crippen molar-refractivity contribution in [3.05, 3.63) is 64.7 Å². The predicted molar refractivity (Wildman–Crippen MR) is 161 cm³/mol. The van der Waals surface area contributed by atoms with E-state index in [9.17, 15) is 128 Å². The molecule has 4 rings (SSSR count). The highest BCUT2D eigenvalue weighted by Crippen LogP contribution is 2.69. The molecular formula is C33H7BF36O2. The van der Waals surface area contributed by atoms with Gasteiger partial charge in [0, 0.05) is 27.6 Å². The maximum Gasteiger partial charge on any atom is 0.796 e. The maximum absolute atomic E-state index is 16.0. The second-order valence-corrected chi connectivity index (χ2v) is 14.5. The van der Waals surface area contributed by atoms with E-state index in [4.69, 9.17) is 0 Å². The van der Waals surface area contributed by atoms with Crippen molar-refractivity contribution in [3.63, 3.8) is 0 Å². The minimum atomic E-state index is -9.41. The molecule has 2 nitrogen and oxygen atoms in total. The highest BCUT2D eigenvalue weighted by Gasteiger charge is 2.97. The molecule has 0 heterocycles. The third-order valence-electron chi connectivity index (χ3n) is 10.3. The molecule has 0 bridgehead atoms. The van der Waals surface area contributed by atoms with Gasteiger partial charge in [-0.15, -0.1) is 0 Å². The Morgan fingerprint density at radius 2 is 0.653 bits per heavy atom. The van der Waals surface area contributed by atoms with Crippen LogP contribution >= 0.6 is 0 Å². The summed E-state index contributed by atoms with van der Waals surface area (Å²) in [5, 5.41) is -5.58. The summed E-state index contributed by atoms with van der Waals surface area (Å²) >= 11 is 0. The molecule has 72 heavy (non-hydrogen) atoms. The molecule has 0 radical (unpaired) electrons. The van der Waals surface area contributed by atoms with Gasteiger partial charge in [0.15, 0.2) is 5.78 Å². The summed E-state index contributed by atoms with van der Waals surface area (Å²) in [5.74, 6) is -131. The zero-order valence-electron chi connectivity index (χ0n) is 32.0. The summed E-state index contributed by atoms with van der Waals surface area (Å²) in [6.07, 6.45) is -16.5. The molecule has 3 aromatic carbocycles. The van der Waals surface area contributed by atoms with Crippen molar-refractivity contribution >= 4 is 24.0 Å². The lowest BCUT2D eigenvalue weighted by molar-refractivity contribution is -0.462. The van der Waals surface area contributed by atoms with Crippen LogP contribution in [-0.4, -0.2) is 96.7 Å². The van der Waals surface area contributed by atoms with Crippen LogP contribution in [0.15, 0.2) is 42.5 Å². The molecular weight excluding hydrogens is 1120 g/mol. The van der Waals surface area contributed by atoms with E-state index >= 15 is 35.1 Å². The van der Waals surface area contributed by atoms with E-state index < -0.39 is 177 Å². The van der Waals surface area contributed by atoms with E-state index in [2.05, 4.69) is 4.65 Å². The third kappa shape index (κ3) is 7.13. The van der Waals surface area contributed by atoms with Crippen LogP contribution in [0.3, 0.4) is 0 Å². The Bertz CT molecular complexity index is 2620. The summed E-state index contributed by atoms with van der Waals surface area (Å²) in [4.78, 5) is 13.5. The normalized spacial score (nSPS) is 16.1. The summed E-state index contributed by atoms with van der Waals surface area (Å²) in [6, 6.07) is -3.42. The number of carbonyl (C=O) groups excluding carboxylic acids is 1. The van der Waals surface area contributed by atoms with E-state index in [0.717, 1.165) is 0 Å². The van der Waals surface area contributed by atoms with Crippen LogP contribution in [0.1, 0.15) is 27.0 Å². The minimum Gasteiger partial charge on any atom is -0.505 e. The van der Waals surface area contributed by atoms with Gasteiger partial charge in [-0.05, 0) is 17.0 Å². The van der Waals surface area contributed by atoms with E-state index in [1.807, 2.05) is 0 Å². The third-order valence-corrected chi connectivity index (χ3v) is 10.3. The van der Waals surface area contributed by atoms with E-state index in [-0.39, 0.29) is 18.2 Å². The van der Waals surface area contributed by atoms with Crippen molar-refractivity contribution in [1.29, 1.82) is 0 Å². The van der Waals surface area contributed by atoms with Gasteiger partial charge in [0.25, 0.3) is 0 Å². The van der Waals surface area contributed by atoms with Gasteiger partial charge >= 0.3 is 103 Å². The van der Waals surface area contributed by atoms with E-state index in [0.29, 0.717) is 6.07 Å². The quantitative estimate of drug-likeness (QED) is 0.0826. The number of rotatable bonds is 16. The molecule has 0 spiro atoms. The molecule has 1 aliphatic rings. The molecule has 0 saturated carbocycles. The molecule has 0 aromatic heterocycles. The molecule has 0 N–H and O–H groups in total. The van der Waals surface area contributed by atoms with Crippen LogP contribution in [-0.2, 0) is 11.8 Å². The SMILES string of the molecule is O=C1c2ccccc2-c2c(C(F)(F)C(F)(F)C(F)(F)C(F)(F)C(F)(F)C(F)(F)C(F)(F)C(F)(F)F)ccc3c(C(F)(F)C(F)(F)C(F)(F)C(F)(F)C(F)(F)C(F)(F)C(F)(F)C(F)(F)F)cc(OB(F)F)c1c23. The van der Waals surface area contributed by atoms with Crippen LogP contribution < -0.4 is 4.65 Å². The van der Waals surface area contributed by atoms with Crippen LogP contribution in [0.25, 0.3) is 21.9 Å². The average Bonchev–Trinajstić information content (AvgIpc) is 3.20. The van der Waals surface area contributed by atoms with Gasteiger partial charge < -0.3 is 4.65 Å². The lowest BCUT2D eigenvalue weighted by Crippen LogP contribution is -2.74. The van der Waals surface area contributed by atoms with Gasteiger partial charge in [0.05, 0.1) is 5.56 Å². The number of halogens is 36. The Balaban J connectivity index is 2.20. The number of hydrogen-bond acceptors (Lipinski definition) is 2. The predicted octanol–water partition coefficient (Wildman–Crippen LogP) is 15.3. The van der Waals surface area contributed by atoms with Crippen molar-refractivity contribution in [1.82, 2.24) is 0 Å². The van der Waals surface area contributed by atoms with Crippen LogP contribution in [0.5, 0.6) is 5.75 Å². The van der Waals surface area contributed by atoms with Crippen molar-refractivity contribution in [2.24, 2.45) is 0 Å². The van der Waals surface area contributed by atoms with Gasteiger partial charge in [-0.25, -0.2) is 8.63 Å². The Kier molecular flexibility index (Phi) is 13.2. The Morgan fingerprint density at radius 1 is 0.347 bits per heavy atom. The summed E-state index contributed by atoms with van der Waals surface area (Å²) in [5.41, 5.74) is -16.2. The van der Waals surface area contributed by atoms with Gasteiger partial charge in [-0.3, -0.25) is 4.79 Å². The summed E-state index contributed by atoms with van der Waals surface area (Å²) in [6.45, 7) is 0. The number of carbonyl (C=O) groups is 1. The standard InChI is InChI=1S/C33H7BF36O2/c35-18(36,20(39,40)22(43,44)24(47,48)26(51,52)28(55,56)30(59,60)32(63,64)65)11-6-5-10-12(7-13(72-34(69)70)16-15(10)14(11)8-3-1-2-4-9(8)17(16)71)19(37,38)21(41,42)23(45,46)25(49,50)27(53,54)29(57,58)31(61,62)33(66,67)68/h1-7H. The van der Waals surface area contributed by atoms with Crippen molar-refractivity contribution < 1.29 is 167 Å². The zero-order valence-corrected chi connectivity index (χ0v) is 32.0. The zero-order chi connectivity index (χ0) is 57.0. The molecule has 3 aromatic rings. The molecule has 0 aliphatic heterocycles. The molecule has 0 atom stereocenters. The molecule has 406 valence electrons. The van der Waals surface area contributed by atoms with Crippen molar-refractivity contribution in [2.75, 3.05) is 0 Å². The van der Waals surface area contributed by atoms with Crippen LogP contribution in [0, 0.1) is 0 Å². The molecule has 0 amide bonds. The number of alkyl halides is 34. The van der Waals surface area contributed by atoms with Crippen LogP contribution in [0.4, 0.5) is 158 Å². The Hall–Kier alpha value is -5.07. The summed E-state index contributed by atoms with van der Waals surface area (Å²) < 4.78 is 514. The second kappa shape index (κ2) is 16.0. The first-order chi connectivity index (χ1) is 31.4. The lowest BCUT2D eigenvalue weighted by atomic mass is 9.75.